The number of anilines is 1. The van der Waals surface area contributed by atoms with Crippen LogP contribution in [0.5, 0.6) is 0 Å². The molecule has 0 spiro atoms. The van der Waals surface area contributed by atoms with Crippen molar-refractivity contribution < 1.29 is 0 Å². The summed E-state index contributed by atoms with van der Waals surface area (Å²) in [4.78, 5) is 11.1. The van der Waals surface area contributed by atoms with E-state index >= 15 is 0 Å². The molecular weight excluding hydrogens is 284 g/mol. The highest BCUT2D eigenvalue weighted by Gasteiger charge is 2.10. The van der Waals surface area contributed by atoms with E-state index in [1.807, 2.05) is 50.6 Å². The summed E-state index contributed by atoms with van der Waals surface area (Å²) in [6.07, 6.45) is 7.29. The lowest BCUT2D eigenvalue weighted by molar-refractivity contribution is 0.403. The van der Waals surface area contributed by atoms with Crippen LogP contribution in [0.1, 0.15) is 11.1 Å². The Kier molecular flexibility index (Phi) is 3.96. The number of fused-ring (bicyclic) bond motifs is 1. The molecule has 23 heavy (non-hydrogen) atoms. The number of hydrogen-bond donors (Lipinski definition) is 1. The highest BCUT2D eigenvalue weighted by atomic mass is 15.1. The Hall–Kier alpha value is -2.90. The zero-order valence-electron chi connectivity index (χ0n) is 13.2. The van der Waals surface area contributed by atoms with E-state index in [0.717, 1.165) is 39.8 Å². The fraction of sp³-hybridized carbons (Fsp3) is 0.158. The summed E-state index contributed by atoms with van der Waals surface area (Å²) < 4.78 is 0. The Bertz CT molecular complexity index is 907. The zero-order chi connectivity index (χ0) is 16.4. The van der Waals surface area contributed by atoms with Crippen LogP contribution in [0.4, 0.5) is 5.82 Å². The number of nitrogens with zero attached hydrogens (tertiary/aromatic N) is 3. The molecule has 0 radical (unpaired) electrons. The minimum Gasteiger partial charge on any atom is -0.382 e. The Labute approximate surface area is 136 Å². The summed E-state index contributed by atoms with van der Waals surface area (Å²) in [6, 6.07) is 11.8. The lowest BCUT2D eigenvalue weighted by atomic mass is 10.1. The smallest absolute Gasteiger partial charge is 0.149 e. The van der Waals surface area contributed by atoms with Crippen molar-refractivity contribution >= 4 is 16.7 Å². The van der Waals surface area contributed by atoms with Crippen LogP contribution < -0.4 is 5.73 Å². The third-order valence-corrected chi connectivity index (χ3v) is 3.65. The zero-order valence-corrected chi connectivity index (χ0v) is 13.2. The molecule has 4 heteroatoms. The molecule has 0 aliphatic heterocycles. The minimum atomic E-state index is 0.442. The average Bonchev–Trinajstić information content (AvgIpc) is 2.57. The molecule has 2 N–H and O–H groups in total. The Morgan fingerprint density at radius 2 is 2.04 bits per heavy atom. The first-order valence-electron chi connectivity index (χ1n) is 7.34. The summed E-state index contributed by atoms with van der Waals surface area (Å²) in [5.74, 6) is 3.09. The third kappa shape index (κ3) is 3.01. The maximum absolute atomic E-state index is 6.04. The topological polar surface area (TPSA) is 55.0 Å². The number of nitrogens with two attached hydrogens (primary N) is 1. The van der Waals surface area contributed by atoms with E-state index < -0.39 is 0 Å². The summed E-state index contributed by atoms with van der Waals surface area (Å²) >= 11 is 0. The van der Waals surface area contributed by atoms with E-state index in [0.29, 0.717) is 5.82 Å². The molecule has 4 nitrogen and oxygen atoms in total. The van der Waals surface area contributed by atoms with Crippen LogP contribution in [0.2, 0.25) is 0 Å². The van der Waals surface area contributed by atoms with Crippen LogP contribution in [0, 0.1) is 12.3 Å². The number of nitrogen functional groups attached to an aromatic ring is 1. The van der Waals surface area contributed by atoms with Crippen LogP contribution in [0.3, 0.4) is 0 Å². The first-order chi connectivity index (χ1) is 11.1. The van der Waals surface area contributed by atoms with Crippen molar-refractivity contribution in [1.29, 1.82) is 0 Å². The largest absolute Gasteiger partial charge is 0.382 e. The van der Waals surface area contributed by atoms with E-state index in [1.165, 1.54) is 0 Å². The summed E-state index contributed by atoms with van der Waals surface area (Å²) in [7, 11) is 4.05. The third-order valence-electron chi connectivity index (χ3n) is 3.65. The van der Waals surface area contributed by atoms with E-state index in [4.69, 9.17) is 17.1 Å². The molecule has 3 aromatic rings. The van der Waals surface area contributed by atoms with E-state index in [9.17, 15) is 0 Å². The van der Waals surface area contributed by atoms with Crippen LogP contribution in [-0.4, -0.2) is 29.0 Å². The van der Waals surface area contributed by atoms with Crippen molar-refractivity contribution in [3.05, 3.63) is 53.7 Å². The van der Waals surface area contributed by atoms with Crippen molar-refractivity contribution in [2.24, 2.45) is 0 Å². The van der Waals surface area contributed by atoms with E-state index in [1.54, 1.807) is 0 Å². The molecule has 0 saturated carbocycles. The molecule has 0 saturated heterocycles. The number of pyridine rings is 2. The highest BCUT2D eigenvalue weighted by molar-refractivity contribution is 5.91. The lowest BCUT2D eigenvalue weighted by Gasteiger charge is -2.13. The molecule has 114 valence electrons. The predicted octanol–water partition coefficient (Wildman–Crippen LogP) is 2.92. The van der Waals surface area contributed by atoms with Gasteiger partial charge in [-0.25, -0.2) is 9.97 Å². The van der Waals surface area contributed by atoms with E-state index in [-0.39, 0.29) is 0 Å². The van der Waals surface area contributed by atoms with Crippen molar-refractivity contribution in [1.82, 2.24) is 14.9 Å². The van der Waals surface area contributed by atoms with Crippen molar-refractivity contribution in [2.45, 2.75) is 6.54 Å². The Morgan fingerprint density at radius 1 is 1.22 bits per heavy atom. The van der Waals surface area contributed by atoms with Gasteiger partial charge >= 0.3 is 0 Å². The van der Waals surface area contributed by atoms with Gasteiger partial charge in [-0.2, -0.15) is 0 Å². The van der Waals surface area contributed by atoms with Gasteiger partial charge in [0, 0.05) is 29.3 Å². The molecule has 1 aromatic carbocycles. The van der Waals surface area contributed by atoms with Gasteiger partial charge in [0.1, 0.15) is 11.3 Å². The van der Waals surface area contributed by atoms with Crippen molar-refractivity contribution in [2.75, 3.05) is 19.8 Å². The SMILES string of the molecule is C#Cc1cccc(-c2ccc3c(CN(C)C)cnc(N)c3n2)c1. The number of hydrogen-bond acceptors (Lipinski definition) is 4. The fourth-order valence-electron chi connectivity index (χ4n) is 2.59. The second kappa shape index (κ2) is 6.07. The molecule has 2 aromatic heterocycles. The molecule has 0 bridgehead atoms. The van der Waals surface area contributed by atoms with Gasteiger partial charge in [0.2, 0.25) is 0 Å². The molecule has 0 atom stereocenters. The van der Waals surface area contributed by atoms with Crippen LogP contribution in [0.15, 0.2) is 42.6 Å². The molecule has 0 aliphatic carbocycles. The lowest BCUT2D eigenvalue weighted by Crippen LogP contribution is -2.12. The van der Waals surface area contributed by atoms with Gasteiger partial charge in [-0.1, -0.05) is 24.1 Å². The van der Waals surface area contributed by atoms with Gasteiger partial charge in [-0.3, -0.25) is 0 Å². The highest BCUT2D eigenvalue weighted by Crippen LogP contribution is 2.26. The minimum absolute atomic E-state index is 0.442. The monoisotopic (exact) mass is 302 g/mol. The van der Waals surface area contributed by atoms with Gasteiger partial charge in [0.05, 0.1) is 5.69 Å². The Morgan fingerprint density at radius 3 is 2.78 bits per heavy atom. The number of benzene rings is 1. The second-order valence-corrected chi connectivity index (χ2v) is 5.72. The molecular formula is C19H18N4. The van der Waals surface area contributed by atoms with Gasteiger partial charge in [0.15, 0.2) is 0 Å². The summed E-state index contributed by atoms with van der Waals surface area (Å²) in [5, 5.41) is 1.03. The van der Waals surface area contributed by atoms with Crippen LogP contribution in [0.25, 0.3) is 22.2 Å². The predicted molar refractivity (Wildman–Crippen MR) is 94.7 cm³/mol. The van der Waals surface area contributed by atoms with Gasteiger partial charge < -0.3 is 10.6 Å². The molecule has 0 amide bonds. The number of aromatic nitrogens is 2. The number of terminal acetylenes is 1. The summed E-state index contributed by atoms with van der Waals surface area (Å²) in [6.45, 7) is 0.789. The summed E-state index contributed by atoms with van der Waals surface area (Å²) in [5.41, 5.74) is 10.5. The normalized spacial score (nSPS) is 10.9. The number of rotatable bonds is 3. The van der Waals surface area contributed by atoms with E-state index in [2.05, 4.69) is 21.9 Å². The average molecular weight is 302 g/mol. The molecule has 0 fully saturated rings. The molecule has 0 aliphatic rings. The van der Waals surface area contributed by atoms with Gasteiger partial charge in [0.25, 0.3) is 0 Å². The molecule has 3 rings (SSSR count). The van der Waals surface area contributed by atoms with Crippen LogP contribution >= 0.6 is 0 Å². The quantitative estimate of drug-likeness (QED) is 0.756. The second-order valence-electron chi connectivity index (χ2n) is 5.72. The molecule has 2 heterocycles. The Balaban J connectivity index is 2.15. The first-order valence-corrected chi connectivity index (χ1v) is 7.34. The fourth-order valence-corrected chi connectivity index (χ4v) is 2.59. The van der Waals surface area contributed by atoms with Crippen LogP contribution in [-0.2, 0) is 6.54 Å². The standard InChI is InChI=1S/C19H18N4/c1-4-13-6-5-7-14(10-13)17-9-8-16-15(12-23(2)3)11-21-19(20)18(16)22-17/h1,5-11H,12H2,2-3H3,(H2,20,21). The maximum atomic E-state index is 6.04. The maximum Gasteiger partial charge on any atom is 0.149 e. The molecule has 0 unspecified atom stereocenters. The van der Waals surface area contributed by atoms with Gasteiger partial charge in [-0.05, 0) is 37.9 Å². The first kappa shape index (κ1) is 15.0. The van der Waals surface area contributed by atoms with Gasteiger partial charge in [-0.15, -0.1) is 6.42 Å². The van der Waals surface area contributed by atoms with Crippen molar-refractivity contribution in [3.63, 3.8) is 0 Å². The van der Waals surface area contributed by atoms with Crippen molar-refractivity contribution in [3.8, 4) is 23.6 Å².